The van der Waals surface area contributed by atoms with Crippen molar-refractivity contribution in [2.24, 2.45) is 0 Å². The monoisotopic (exact) mass is 306 g/mol. The van der Waals surface area contributed by atoms with Crippen molar-refractivity contribution in [3.05, 3.63) is 53.3 Å². The summed E-state index contributed by atoms with van der Waals surface area (Å²) in [7, 11) is 1.61. The average molecular weight is 307 g/mol. The second-order valence-corrected chi connectivity index (χ2v) is 4.51. The molecule has 0 atom stereocenters. The minimum absolute atomic E-state index is 0.282. The zero-order valence-corrected chi connectivity index (χ0v) is 12.3. The van der Waals surface area contributed by atoms with Gasteiger partial charge in [0, 0.05) is 0 Å². The molecule has 0 spiro atoms. The molecule has 0 saturated heterocycles. The Bertz CT molecular complexity index is 602. The number of halogens is 1. The Morgan fingerprint density at radius 1 is 1.19 bits per heavy atom. The first-order valence-electron chi connectivity index (χ1n) is 6.36. The van der Waals surface area contributed by atoms with Gasteiger partial charge in [-0.2, -0.15) is 0 Å². The minimum Gasteiger partial charge on any atom is -0.497 e. The van der Waals surface area contributed by atoms with Crippen LogP contribution in [-0.2, 0) is 0 Å². The van der Waals surface area contributed by atoms with Gasteiger partial charge < -0.3 is 14.8 Å². The molecule has 0 radical (unpaired) electrons. The van der Waals surface area contributed by atoms with Crippen LogP contribution in [0.5, 0.6) is 11.5 Å². The molecule has 0 aliphatic carbocycles. The molecule has 1 N–H and O–H groups in total. The Morgan fingerprint density at radius 3 is 2.57 bits per heavy atom. The molecule has 21 heavy (non-hydrogen) atoms. The minimum atomic E-state index is -0.282. The van der Waals surface area contributed by atoms with Crippen molar-refractivity contribution in [1.82, 2.24) is 10.3 Å². The van der Waals surface area contributed by atoms with Crippen LogP contribution in [0.3, 0.4) is 0 Å². The lowest BCUT2D eigenvalue weighted by Gasteiger charge is -2.08. The second kappa shape index (κ2) is 7.50. The lowest BCUT2D eigenvalue weighted by atomic mass is 10.3. The molecular formula is C15H15ClN2O3. The molecule has 0 bridgehead atoms. The molecule has 1 aromatic carbocycles. The summed E-state index contributed by atoms with van der Waals surface area (Å²) < 4.78 is 10.6. The molecule has 0 aliphatic rings. The molecular weight excluding hydrogens is 292 g/mol. The molecule has 1 amide bonds. The number of carbonyl (C=O) groups is 1. The van der Waals surface area contributed by atoms with Gasteiger partial charge in [0.1, 0.15) is 29.0 Å². The number of ether oxygens (including phenoxy) is 2. The van der Waals surface area contributed by atoms with E-state index >= 15 is 0 Å². The molecule has 2 aromatic rings. The Kier molecular flexibility index (Phi) is 5.40. The third-order valence-electron chi connectivity index (χ3n) is 2.66. The first-order chi connectivity index (χ1) is 10.2. The number of nitrogens with one attached hydrogen (secondary N) is 1. The summed E-state index contributed by atoms with van der Waals surface area (Å²) in [4.78, 5) is 15.7. The molecule has 0 unspecified atom stereocenters. The van der Waals surface area contributed by atoms with E-state index in [9.17, 15) is 4.79 Å². The molecule has 1 heterocycles. The predicted octanol–water partition coefficient (Wildman–Crippen LogP) is 2.55. The molecule has 0 saturated carbocycles. The van der Waals surface area contributed by atoms with Gasteiger partial charge in [-0.05, 0) is 36.4 Å². The van der Waals surface area contributed by atoms with Crippen LogP contribution in [0.4, 0.5) is 0 Å². The number of methoxy groups -OCH3 is 1. The van der Waals surface area contributed by atoms with Crippen molar-refractivity contribution in [3.63, 3.8) is 0 Å². The number of rotatable bonds is 6. The summed E-state index contributed by atoms with van der Waals surface area (Å²) in [5.41, 5.74) is 0.284. The van der Waals surface area contributed by atoms with E-state index in [1.165, 1.54) is 0 Å². The van der Waals surface area contributed by atoms with Crippen LogP contribution in [0.1, 0.15) is 10.5 Å². The summed E-state index contributed by atoms with van der Waals surface area (Å²) in [5.74, 6) is 1.20. The number of carbonyl (C=O) groups excluding carboxylic acids is 1. The van der Waals surface area contributed by atoms with Crippen molar-refractivity contribution in [2.45, 2.75) is 0 Å². The number of hydrogen-bond acceptors (Lipinski definition) is 4. The normalized spacial score (nSPS) is 10.0. The van der Waals surface area contributed by atoms with Gasteiger partial charge in [-0.15, -0.1) is 0 Å². The van der Waals surface area contributed by atoms with E-state index in [1.807, 2.05) is 12.1 Å². The molecule has 110 valence electrons. The van der Waals surface area contributed by atoms with Gasteiger partial charge in [0.2, 0.25) is 0 Å². The Morgan fingerprint density at radius 2 is 1.90 bits per heavy atom. The van der Waals surface area contributed by atoms with Crippen LogP contribution < -0.4 is 14.8 Å². The summed E-state index contributed by atoms with van der Waals surface area (Å²) in [6.45, 7) is 0.734. The standard InChI is InChI=1S/C15H15ClN2O3/c1-20-11-5-7-12(8-6-11)21-10-9-17-15(19)13-3-2-4-14(16)18-13/h2-8H,9-10H2,1H3,(H,17,19). The molecule has 0 aliphatic heterocycles. The first kappa shape index (κ1) is 15.1. The smallest absolute Gasteiger partial charge is 0.270 e. The number of benzene rings is 1. The van der Waals surface area contributed by atoms with Gasteiger partial charge >= 0.3 is 0 Å². The summed E-state index contributed by atoms with van der Waals surface area (Å²) >= 11 is 5.73. The third kappa shape index (κ3) is 4.65. The SMILES string of the molecule is COc1ccc(OCCNC(=O)c2cccc(Cl)n2)cc1. The lowest BCUT2D eigenvalue weighted by Crippen LogP contribution is -2.28. The van der Waals surface area contributed by atoms with Crippen LogP contribution in [0.2, 0.25) is 5.15 Å². The van der Waals surface area contributed by atoms with Crippen molar-refractivity contribution in [2.75, 3.05) is 20.3 Å². The van der Waals surface area contributed by atoms with Gasteiger partial charge in [0.05, 0.1) is 13.7 Å². The van der Waals surface area contributed by atoms with Crippen LogP contribution in [0, 0.1) is 0 Å². The van der Waals surface area contributed by atoms with Crippen LogP contribution in [0.15, 0.2) is 42.5 Å². The van der Waals surface area contributed by atoms with Gasteiger partial charge in [-0.25, -0.2) is 4.98 Å². The van der Waals surface area contributed by atoms with Crippen LogP contribution in [0.25, 0.3) is 0 Å². The quantitative estimate of drug-likeness (QED) is 0.658. The van der Waals surface area contributed by atoms with E-state index in [0.29, 0.717) is 18.9 Å². The van der Waals surface area contributed by atoms with E-state index in [1.54, 1.807) is 37.4 Å². The van der Waals surface area contributed by atoms with E-state index in [-0.39, 0.29) is 16.8 Å². The lowest BCUT2D eigenvalue weighted by molar-refractivity contribution is 0.0942. The maximum atomic E-state index is 11.8. The van der Waals surface area contributed by atoms with E-state index < -0.39 is 0 Å². The largest absolute Gasteiger partial charge is 0.497 e. The number of hydrogen-bond donors (Lipinski definition) is 1. The van der Waals surface area contributed by atoms with Crippen molar-refractivity contribution in [1.29, 1.82) is 0 Å². The van der Waals surface area contributed by atoms with Gasteiger partial charge in [0.15, 0.2) is 0 Å². The highest BCUT2D eigenvalue weighted by Gasteiger charge is 2.06. The first-order valence-corrected chi connectivity index (χ1v) is 6.74. The third-order valence-corrected chi connectivity index (χ3v) is 2.87. The molecule has 2 rings (SSSR count). The van der Waals surface area contributed by atoms with Crippen molar-refractivity contribution in [3.8, 4) is 11.5 Å². The van der Waals surface area contributed by atoms with E-state index in [4.69, 9.17) is 21.1 Å². The Balaban J connectivity index is 1.75. The molecule has 1 aromatic heterocycles. The predicted molar refractivity (Wildman–Crippen MR) is 80.1 cm³/mol. The van der Waals surface area contributed by atoms with E-state index in [2.05, 4.69) is 10.3 Å². The fourth-order valence-electron chi connectivity index (χ4n) is 1.63. The van der Waals surface area contributed by atoms with Crippen LogP contribution in [-0.4, -0.2) is 31.2 Å². The second-order valence-electron chi connectivity index (χ2n) is 4.13. The van der Waals surface area contributed by atoms with Crippen molar-refractivity contribution >= 4 is 17.5 Å². The van der Waals surface area contributed by atoms with Gasteiger partial charge in [0.25, 0.3) is 5.91 Å². The maximum absolute atomic E-state index is 11.8. The zero-order chi connectivity index (χ0) is 15.1. The molecule has 0 fully saturated rings. The summed E-state index contributed by atoms with van der Waals surface area (Å²) in [6.07, 6.45) is 0. The fourth-order valence-corrected chi connectivity index (χ4v) is 1.79. The Hall–Kier alpha value is -2.27. The van der Waals surface area contributed by atoms with Crippen LogP contribution >= 0.6 is 11.6 Å². The number of aromatic nitrogens is 1. The zero-order valence-electron chi connectivity index (χ0n) is 11.5. The Labute approximate surface area is 127 Å². The highest BCUT2D eigenvalue weighted by molar-refractivity contribution is 6.29. The summed E-state index contributed by atoms with van der Waals surface area (Å²) in [5, 5.41) is 3.00. The molecule has 6 heteroatoms. The number of amides is 1. The highest BCUT2D eigenvalue weighted by atomic mass is 35.5. The maximum Gasteiger partial charge on any atom is 0.270 e. The molecule has 5 nitrogen and oxygen atoms in total. The van der Waals surface area contributed by atoms with E-state index in [0.717, 1.165) is 5.75 Å². The highest BCUT2D eigenvalue weighted by Crippen LogP contribution is 2.16. The number of pyridine rings is 1. The van der Waals surface area contributed by atoms with Gasteiger partial charge in [-0.1, -0.05) is 17.7 Å². The average Bonchev–Trinajstić information content (AvgIpc) is 2.52. The fraction of sp³-hybridized carbons (Fsp3) is 0.200. The van der Waals surface area contributed by atoms with Gasteiger partial charge in [-0.3, -0.25) is 4.79 Å². The van der Waals surface area contributed by atoms with Crippen molar-refractivity contribution < 1.29 is 14.3 Å². The number of nitrogens with zero attached hydrogens (tertiary/aromatic N) is 1. The topological polar surface area (TPSA) is 60.5 Å². The summed E-state index contributed by atoms with van der Waals surface area (Å²) in [6, 6.07) is 12.1.